The molecule has 0 aliphatic rings. The van der Waals surface area contributed by atoms with Crippen molar-refractivity contribution in [1.82, 2.24) is 15.2 Å². The SMILES string of the molecule is CCn1nc(C)c(Cl)c1CC(Cc1cccc(Br)c1)NN. The third-order valence-corrected chi connectivity index (χ3v) is 4.48. The summed E-state index contributed by atoms with van der Waals surface area (Å²) in [6.07, 6.45) is 1.58. The Hall–Kier alpha value is -0.880. The molecule has 1 atom stereocenters. The van der Waals surface area contributed by atoms with Crippen molar-refractivity contribution in [3.63, 3.8) is 0 Å². The summed E-state index contributed by atoms with van der Waals surface area (Å²) in [5.41, 5.74) is 6.02. The number of nitrogens with zero attached hydrogens (tertiary/aromatic N) is 2. The first-order chi connectivity index (χ1) is 10.0. The Balaban J connectivity index is 2.16. The molecular weight excluding hydrogens is 352 g/mol. The molecule has 2 rings (SSSR count). The highest BCUT2D eigenvalue weighted by atomic mass is 79.9. The van der Waals surface area contributed by atoms with Gasteiger partial charge in [0.15, 0.2) is 0 Å². The first-order valence-corrected chi connectivity index (χ1v) is 8.14. The molecular formula is C15H20BrClN4. The van der Waals surface area contributed by atoms with Crippen LogP contribution in [-0.2, 0) is 19.4 Å². The van der Waals surface area contributed by atoms with Gasteiger partial charge in [-0.3, -0.25) is 16.0 Å². The minimum atomic E-state index is 0.109. The zero-order chi connectivity index (χ0) is 15.4. The van der Waals surface area contributed by atoms with Crippen LogP contribution in [0.3, 0.4) is 0 Å². The number of halogens is 2. The molecule has 0 aliphatic heterocycles. The number of aryl methyl sites for hydroxylation is 2. The Kier molecular flexibility index (Phi) is 5.81. The Morgan fingerprint density at radius 3 is 2.81 bits per heavy atom. The van der Waals surface area contributed by atoms with Crippen molar-refractivity contribution in [1.29, 1.82) is 0 Å². The Labute approximate surface area is 138 Å². The highest BCUT2D eigenvalue weighted by Gasteiger charge is 2.17. The number of aromatic nitrogens is 2. The van der Waals surface area contributed by atoms with E-state index in [9.17, 15) is 0 Å². The van der Waals surface area contributed by atoms with Crippen LogP contribution >= 0.6 is 27.5 Å². The molecule has 2 aromatic rings. The van der Waals surface area contributed by atoms with E-state index in [1.165, 1.54) is 5.56 Å². The van der Waals surface area contributed by atoms with Crippen LogP contribution in [0.25, 0.3) is 0 Å². The summed E-state index contributed by atoms with van der Waals surface area (Å²) in [7, 11) is 0. The van der Waals surface area contributed by atoms with Gasteiger partial charge in [0.25, 0.3) is 0 Å². The second-order valence-electron chi connectivity index (χ2n) is 5.06. The molecule has 0 saturated heterocycles. The summed E-state index contributed by atoms with van der Waals surface area (Å²) in [6, 6.07) is 8.35. The third-order valence-electron chi connectivity index (χ3n) is 3.50. The van der Waals surface area contributed by atoms with Crippen molar-refractivity contribution in [3.8, 4) is 0 Å². The largest absolute Gasteiger partial charge is 0.271 e. The Morgan fingerprint density at radius 1 is 1.43 bits per heavy atom. The fourth-order valence-electron chi connectivity index (χ4n) is 2.44. The highest BCUT2D eigenvalue weighted by Crippen LogP contribution is 2.22. The van der Waals surface area contributed by atoms with E-state index < -0.39 is 0 Å². The van der Waals surface area contributed by atoms with Crippen LogP contribution in [0.4, 0.5) is 0 Å². The fourth-order valence-corrected chi connectivity index (χ4v) is 3.10. The van der Waals surface area contributed by atoms with E-state index in [4.69, 9.17) is 17.4 Å². The van der Waals surface area contributed by atoms with Gasteiger partial charge in [-0.25, -0.2) is 0 Å². The lowest BCUT2D eigenvalue weighted by Gasteiger charge is -2.17. The maximum Gasteiger partial charge on any atom is 0.0847 e. The standard InChI is InChI=1S/C15H20BrClN4/c1-3-21-14(15(17)10(2)20-21)9-13(19-18)8-11-5-4-6-12(16)7-11/h4-7,13,19H,3,8-9,18H2,1-2H3. The van der Waals surface area contributed by atoms with E-state index in [1.54, 1.807) is 0 Å². The molecule has 0 aliphatic carbocycles. The zero-order valence-corrected chi connectivity index (χ0v) is 14.6. The predicted octanol–water partition coefficient (Wildman–Crippen LogP) is 3.24. The molecule has 4 nitrogen and oxygen atoms in total. The van der Waals surface area contributed by atoms with Crippen LogP contribution in [0.2, 0.25) is 5.02 Å². The van der Waals surface area contributed by atoms with Gasteiger partial charge >= 0.3 is 0 Å². The lowest BCUT2D eigenvalue weighted by molar-refractivity contribution is 0.496. The molecule has 1 aromatic carbocycles. The summed E-state index contributed by atoms with van der Waals surface area (Å²) < 4.78 is 3.02. The molecule has 0 fully saturated rings. The molecule has 3 N–H and O–H groups in total. The van der Waals surface area contributed by atoms with E-state index in [0.29, 0.717) is 0 Å². The van der Waals surface area contributed by atoms with E-state index in [2.05, 4.69) is 45.5 Å². The quantitative estimate of drug-likeness (QED) is 0.605. The van der Waals surface area contributed by atoms with Crippen LogP contribution in [0.5, 0.6) is 0 Å². The Bertz CT molecular complexity index is 612. The average Bonchev–Trinajstić information content (AvgIpc) is 2.74. The maximum atomic E-state index is 6.36. The lowest BCUT2D eigenvalue weighted by Crippen LogP contribution is -2.39. The molecule has 0 bridgehead atoms. The van der Waals surface area contributed by atoms with Gasteiger partial charge in [0.1, 0.15) is 0 Å². The first-order valence-electron chi connectivity index (χ1n) is 6.97. The fraction of sp³-hybridized carbons (Fsp3) is 0.400. The smallest absolute Gasteiger partial charge is 0.0847 e. The second-order valence-corrected chi connectivity index (χ2v) is 6.36. The van der Waals surface area contributed by atoms with Gasteiger partial charge in [-0.05, 0) is 38.0 Å². The van der Waals surface area contributed by atoms with Crippen LogP contribution in [-0.4, -0.2) is 15.8 Å². The topological polar surface area (TPSA) is 55.9 Å². The molecule has 1 aromatic heterocycles. The summed E-state index contributed by atoms with van der Waals surface area (Å²) in [5, 5.41) is 5.19. The number of hydrogen-bond acceptors (Lipinski definition) is 3. The van der Waals surface area contributed by atoms with Crippen molar-refractivity contribution in [3.05, 3.63) is 50.7 Å². The molecule has 1 heterocycles. The van der Waals surface area contributed by atoms with Gasteiger partial charge in [0.05, 0.1) is 16.4 Å². The monoisotopic (exact) mass is 370 g/mol. The first kappa shape index (κ1) is 16.5. The zero-order valence-electron chi connectivity index (χ0n) is 12.2. The van der Waals surface area contributed by atoms with Crippen molar-refractivity contribution in [2.24, 2.45) is 5.84 Å². The number of rotatable bonds is 6. The maximum absolute atomic E-state index is 6.36. The predicted molar refractivity (Wildman–Crippen MR) is 90.3 cm³/mol. The summed E-state index contributed by atoms with van der Waals surface area (Å²) >= 11 is 9.85. The average molecular weight is 372 g/mol. The van der Waals surface area contributed by atoms with Gasteiger partial charge in [-0.2, -0.15) is 5.10 Å². The third kappa shape index (κ3) is 4.07. The molecule has 0 amide bonds. The minimum Gasteiger partial charge on any atom is -0.271 e. The number of nitrogens with two attached hydrogens (primary N) is 1. The molecule has 114 valence electrons. The normalized spacial score (nSPS) is 12.6. The van der Waals surface area contributed by atoms with Gasteiger partial charge in [-0.15, -0.1) is 0 Å². The number of benzene rings is 1. The van der Waals surface area contributed by atoms with Crippen LogP contribution in [0, 0.1) is 6.92 Å². The Morgan fingerprint density at radius 2 is 2.19 bits per heavy atom. The number of nitrogens with one attached hydrogen (secondary N) is 1. The molecule has 0 radical (unpaired) electrons. The molecule has 6 heteroatoms. The summed E-state index contributed by atoms with van der Waals surface area (Å²) in [6.45, 7) is 4.79. The molecule has 0 saturated carbocycles. The van der Waals surface area contributed by atoms with Crippen LogP contribution < -0.4 is 11.3 Å². The van der Waals surface area contributed by atoms with Crippen molar-refractivity contribution in [2.75, 3.05) is 0 Å². The number of hydrogen-bond donors (Lipinski definition) is 2. The van der Waals surface area contributed by atoms with Crippen molar-refractivity contribution >= 4 is 27.5 Å². The van der Waals surface area contributed by atoms with Gasteiger partial charge < -0.3 is 0 Å². The van der Waals surface area contributed by atoms with Gasteiger partial charge in [0.2, 0.25) is 0 Å². The van der Waals surface area contributed by atoms with Crippen molar-refractivity contribution in [2.45, 2.75) is 39.3 Å². The molecule has 1 unspecified atom stereocenters. The summed E-state index contributed by atoms with van der Waals surface area (Å²) in [4.78, 5) is 0. The van der Waals surface area contributed by atoms with Crippen LogP contribution in [0.15, 0.2) is 28.7 Å². The van der Waals surface area contributed by atoms with Gasteiger partial charge in [0, 0.05) is 23.5 Å². The van der Waals surface area contributed by atoms with E-state index in [-0.39, 0.29) is 6.04 Å². The molecule has 21 heavy (non-hydrogen) atoms. The van der Waals surface area contributed by atoms with Crippen molar-refractivity contribution < 1.29 is 0 Å². The van der Waals surface area contributed by atoms with E-state index >= 15 is 0 Å². The number of hydrazine groups is 1. The minimum absolute atomic E-state index is 0.109. The highest BCUT2D eigenvalue weighted by molar-refractivity contribution is 9.10. The lowest BCUT2D eigenvalue weighted by atomic mass is 10.0. The second kappa shape index (κ2) is 7.40. The van der Waals surface area contributed by atoms with E-state index in [0.717, 1.165) is 40.3 Å². The molecule has 0 spiro atoms. The van der Waals surface area contributed by atoms with Crippen LogP contribution in [0.1, 0.15) is 23.9 Å². The summed E-state index contributed by atoms with van der Waals surface area (Å²) in [5.74, 6) is 5.72. The van der Waals surface area contributed by atoms with E-state index in [1.807, 2.05) is 23.7 Å². The van der Waals surface area contributed by atoms with Gasteiger partial charge in [-0.1, -0.05) is 39.7 Å².